The van der Waals surface area contributed by atoms with Crippen LogP contribution < -0.4 is 19.9 Å². The first-order chi connectivity index (χ1) is 18.4. The Kier molecular flexibility index (Phi) is 7.71. The molecule has 0 atom stereocenters. The van der Waals surface area contributed by atoms with Crippen molar-refractivity contribution in [1.29, 1.82) is 0 Å². The SMILES string of the molecule is COc1ccc(CCN2C(=O)C(=Cc3c(N4CCC(C)CC4)nc4ccccn4c3=O)SC2=S)cc1OC. The number of carbonyl (C=O) groups excluding carboxylic acids is 1. The van der Waals surface area contributed by atoms with Gasteiger partial charge in [-0.1, -0.05) is 43.0 Å². The molecule has 8 nitrogen and oxygen atoms in total. The molecule has 0 spiro atoms. The summed E-state index contributed by atoms with van der Waals surface area (Å²) < 4.78 is 12.7. The molecule has 2 saturated heterocycles. The quantitative estimate of drug-likeness (QED) is 0.317. The van der Waals surface area contributed by atoms with Crippen molar-refractivity contribution in [2.75, 3.05) is 38.8 Å². The minimum absolute atomic E-state index is 0.195. The predicted molar refractivity (Wildman–Crippen MR) is 155 cm³/mol. The molecule has 5 rings (SSSR count). The molecular formula is C28H30N4O4S2. The minimum Gasteiger partial charge on any atom is -0.493 e. The number of hydrogen-bond acceptors (Lipinski definition) is 8. The van der Waals surface area contributed by atoms with Crippen LogP contribution in [0.1, 0.15) is 30.9 Å². The Morgan fingerprint density at radius 3 is 2.61 bits per heavy atom. The summed E-state index contributed by atoms with van der Waals surface area (Å²) in [7, 11) is 3.19. The molecule has 2 aliphatic rings. The van der Waals surface area contributed by atoms with E-state index in [0.717, 1.165) is 31.5 Å². The van der Waals surface area contributed by atoms with Gasteiger partial charge in [0.1, 0.15) is 15.8 Å². The van der Waals surface area contributed by atoms with E-state index in [-0.39, 0.29) is 11.5 Å². The molecule has 0 aliphatic carbocycles. The maximum absolute atomic E-state index is 13.6. The van der Waals surface area contributed by atoms with Gasteiger partial charge in [-0.2, -0.15) is 0 Å². The van der Waals surface area contributed by atoms with Gasteiger partial charge in [0.15, 0.2) is 11.5 Å². The highest BCUT2D eigenvalue weighted by molar-refractivity contribution is 8.26. The molecule has 2 fully saturated rings. The zero-order valence-corrected chi connectivity index (χ0v) is 23.3. The number of methoxy groups -OCH3 is 2. The molecule has 4 heterocycles. The summed E-state index contributed by atoms with van der Waals surface area (Å²) in [4.78, 5) is 36.1. The number of amides is 1. The lowest BCUT2D eigenvalue weighted by molar-refractivity contribution is -0.122. The Morgan fingerprint density at radius 2 is 1.87 bits per heavy atom. The highest BCUT2D eigenvalue weighted by atomic mass is 32.2. The smallest absolute Gasteiger partial charge is 0.267 e. The number of benzene rings is 1. The zero-order chi connectivity index (χ0) is 26.8. The molecule has 1 aromatic carbocycles. The van der Waals surface area contributed by atoms with Gasteiger partial charge in [-0.15, -0.1) is 0 Å². The van der Waals surface area contributed by atoms with Gasteiger partial charge in [-0.3, -0.25) is 18.9 Å². The summed E-state index contributed by atoms with van der Waals surface area (Å²) in [5.41, 5.74) is 1.81. The predicted octanol–water partition coefficient (Wildman–Crippen LogP) is 4.39. The van der Waals surface area contributed by atoms with Crippen LogP contribution in [-0.4, -0.2) is 58.4 Å². The van der Waals surface area contributed by atoms with Gasteiger partial charge < -0.3 is 14.4 Å². The number of rotatable bonds is 7. The average Bonchev–Trinajstić information content (AvgIpc) is 3.20. The van der Waals surface area contributed by atoms with Gasteiger partial charge in [0.05, 0.1) is 24.7 Å². The van der Waals surface area contributed by atoms with E-state index in [4.69, 9.17) is 26.7 Å². The van der Waals surface area contributed by atoms with Gasteiger partial charge in [0.25, 0.3) is 11.5 Å². The molecule has 3 aromatic rings. The molecule has 2 aliphatic heterocycles. The molecular weight excluding hydrogens is 520 g/mol. The Labute approximate surface area is 231 Å². The lowest BCUT2D eigenvalue weighted by atomic mass is 9.99. The summed E-state index contributed by atoms with van der Waals surface area (Å²) in [6.07, 6.45) is 6.05. The topological polar surface area (TPSA) is 76.4 Å². The largest absolute Gasteiger partial charge is 0.493 e. The van der Waals surface area contributed by atoms with Crippen LogP contribution in [0.3, 0.4) is 0 Å². The van der Waals surface area contributed by atoms with Crippen LogP contribution in [0.5, 0.6) is 11.5 Å². The van der Waals surface area contributed by atoms with Crippen LogP contribution in [0, 0.1) is 5.92 Å². The Bertz CT molecular complexity index is 1480. The van der Waals surface area contributed by atoms with Gasteiger partial charge in [0.2, 0.25) is 0 Å². The molecule has 2 aromatic heterocycles. The van der Waals surface area contributed by atoms with Crippen LogP contribution in [0.4, 0.5) is 5.82 Å². The first-order valence-electron chi connectivity index (χ1n) is 12.6. The summed E-state index contributed by atoms with van der Waals surface area (Å²) in [6, 6.07) is 11.2. The van der Waals surface area contributed by atoms with E-state index in [0.29, 0.717) is 56.6 Å². The molecule has 1 amide bonds. The number of fused-ring (bicyclic) bond motifs is 1. The Hall–Kier alpha value is -3.37. The normalized spacial score (nSPS) is 17.6. The number of anilines is 1. The van der Waals surface area contributed by atoms with Crippen molar-refractivity contribution in [2.45, 2.75) is 26.2 Å². The number of thioether (sulfide) groups is 1. The third kappa shape index (κ3) is 5.15. The van der Waals surface area contributed by atoms with E-state index in [1.807, 2.05) is 30.3 Å². The molecule has 10 heteroatoms. The fraction of sp³-hybridized carbons (Fsp3) is 0.357. The Morgan fingerprint density at radius 1 is 1.11 bits per heavy atom. The average molecular weight is 551 g/mol. The number of ether oxygens (including phenoxy) is 2. The third-order valence-corrected chi connectivity index (χ3v) is 8.43. The maximum Gasteiger partial charge on any atom is 0.267 e. The van der Waals surface area contributed by atoms with Crippen LogP contribution in [0.25, 0.3) is 11.7 Å². The van der Waals surface area contributed by atoms with Crippen LogP contribution >= 0.6 is 24.0 Å². The van der Waals surface area contributed by atoms with Crippen molar-refractivity contribution < 1.29 is 14.3 Å². The summed E-state index contributed by atoms with van der Waals surface area (Å²) >= 11 is 6.79. The highest BCUT2D eigenvalue weighted by Gasteiger charge is 2.33. The van der Waals surface area contributed by atoms with Crippen LogP contribution in [0.15, 0.2) is 52.3 Å². The number of pyridine rings is 1. The fourth-order valence-corrected chi connectivity index (χ4v) is 6.07. The van der Waals surface area contributed by atoms with E-state index in [9.17, 15) is 9.59 Å². The van der Waals surface area contributed by atoms with Crippen molar-refractivity contribution in [3.05, 3.63) is 69.0 Å². The minimum atomic E-state index is -0.198. The third-order valence-electron chi connectivity index (χ3n) is 7.05. The van der Waals surface area contributed by atoms with Crippen molar-refractivity contribution in [3.8, 4) is 11.5 Å². The first kappa shape index (κ1) is 26.2. The van der Waals surface area contributed by atoms with Crippen molar-refractivity contribution in [2.24, 2.45) is 5.92 Å². The number of carbonyl (C=O) groups is 1. The summed E-state index contributed by atoms with van der Waals surface area (Å²) in [5, 5.41) is 0. The van der Waals surface area contributed by atoms with E-state index in [1.54, 1.807) is 37.5 Å². The van der Waals surface area contributed by atoms with Gasteiger partial charge in [-0.05, 0) is 61.1 Å². The van der Waals surface area contributed by atoms with Crippen LogP contribution in [0.2, 0.25) is 0 Å². The van der Waals surface area contributed by atoms with E-state index < -0.39 is 0 Å². The van der Waals surface area contributed by atoms with Crippen molar-refractivity contribution in [3.63, 3.8) is 0 Å². The number of nitrogens with zero attached hydrogens (tertiary/aromatic N) is 4. The maximum atomic E-state index is 13.6. The van der Waals surface area contributed by atoms with E-state index >= 15 is 0 Å². The van der Waals surface area contributed by atoms with Crippen LogP contribution in [-0.2, 0) is 11.2 Å². The monoisotopic (exact) mass is 550 g/mol. The number of aromatic nitrogens is 2. The summed E-state index contributed by atoms with van der Waals surface area (Å²) in [6.45, 7) is 4.31. The molecule has 0 saturated carbocycles. The van der Waals surface area contributed by atoms with Gasteiger partial charge in [0, 0.05) is 25.8 Å². The van der Waals surface area contributed by atoms with Gasteiger partial charge >= 0.3 is 0 Å². The lowest BCUT2D eigenvalue weighted by Crippen LogP contribution is -2.36. The molecule has 0 radical (unpaired) electrons. The van der Waals surface area contributed by atoms with E-state index in [1.165, 1.54) is 16.2 Å². The van der Waals surface area contributed by atoms with Crippen molar-refractivity contribution in [1.82, 2.24) is 14.3 Å². The molecule has 0 bridgehead atoms. The second kappa shape index (κ2) is 11.2. The second-order valence-corrected chi connectivity index (χ2v) is 11.2. The first-order valence-corrected chi connectivity index (χ1v) is 13.8. The number of hydrogen-bond donors (Lipinski definition) is 0. The lowest BCUT2D eigenvalue weighted by Gasteiger charge is -2.32. The Balaban J connectivity index is 1.44. The number of thiocarbonyl (C=S) groups is 1. The molecule has 38 heavy (non-hydrogen) atoms. The highest BCUT2D eigenvalue weighted by Crippen LogP contribution is 2.35. The standard InChI is InChI=1S/C28H30N4O4S2/c1-18-9-13-30(14-10-18)25-20(26(33)31-12-5-4-6-24(31)29-25)17-23-27(34)32(28(37)38-23)15-11-19-7-8-21(35-2)22(16-19)36-3/h4-8,12,16-18H,9-11,13-15H2,1-3H3. The summed E-state index contributed by atoms with van der Waals surface area (Å²) in [5.74, 6) is 2.36. The fourth-order valence-electron chi connectivity index (χ4n) is 4.78. The van der Waals surface area contributed by atoms with Gasteiger partial charge in [-0.25, -0.2) is 4.98 Å². The van der Waals surface area contributed by atoms with Crippen molar-refractivity contribution >= 4 is 51.7 Å². The number of piperidine rings is 1. The molecule has 0 unspecified atom stereocenters. The molecule has 0 N–H and O–H groups in total. The molecule has 198 valence electrons. The zero-order valence-electron chi connectivity index (χ0n) is 21.7. The second-order valence-electron chi connectivity index (χ2n) is 9.53. The van der Waals surface area contributed by atoms with E-state index in [2.05, 4.69) is 11.8 Å².